The van der Waals surface area contributed by atoms with Crippen LogP contribution in [-0.2, 0) is 14.3 Å². The molecule has 5 atom stereocenters. The Bertz CT molecular complexity index is 272. The highest BCUT2D eigenvalue weighted by Gasteiger charge is 2.45. The van der Waals surface area contributed by atoms with Crippen LogP contribution in [0.3, 0.4) is 0 Å². The van der Waals surface area contributed by atoms with E-state index >= 15 is 0 Å². The van der Waals surface area contributed by atoms with Crippen LogP contribution < -0.4 is 5.32 Å². The van der Waals surface area contributed by atoms with Gasteiger partial charge < -0.3 is 30.1 Å². The lowest BCUT2D eigenvalue weighted by Crippen LogP contribution is -2.64. The first-order valence-corrected chi connectivity index (χ1v) is 5.99. The molecular weight excluding hydrogens is 242 g/mol. The normalized spacial score (nSPS) is 36.4. The van der Waals surface area contributed by atoms with Crippen LogP contribution in [0.4, 0.5) is 0 Å². The number of aliphatic hydroxyl groups excluding tert-OH is 3. The van der Waals surface area contributed by atoms with E-state index in [1.54, 1.807) is 0 Å². The van der Waals surface area contributed by atoms with Gasteiger partial charge >= 0.3 is 0 Å². The third-order valence-corrected chi connectivity index (χ3v) is 2.92. The molecule has 0 saturated carbocycles. The number of rotatable bonds is 5. The predicted octanol–water partition coefficient (Wildman–Crippen LogP) is -1.64. The van der Waals surface area contributed by atoms with Crippen LogP contribution in [0.15, 0.2) is 0 Å². The third kappa shape index (κ3) is 3.39. The first-order valence-electron chi connectivity index (χ1n) is 5.99. The zero-order valence-corrected chi connectivity index (χ0v) is 10.6. The van der Waals surface area contributed by atoms with Gasteiger partial charge in [0.15, 0.2) is 6.29 Å². The fourth-order valence-corrected chi connectivity index (χ4v) is 1.92. The van der Waals surface area contributed by atoms with Crippen molar-refractivity contribution in [3.8, 4) is 0 Å². The Kier molecular flexibility index (Phi) is 5.97. The lowest BCUT2D eigenvalue weighted by molar-refractivity contribution is -0.262. The SMILES string of the molecule is CCCC(=O)N[C@H]1[C@H](OC)O[C@H](CO)[C@@H](O)[C@@H]1O. The fourth-order valence-electron chi connectivity index (χ4n) is 1.92. The van der Waals surface area contributed by atoms with Crippen molar-refractivity contribution in [2.45, 2.75) is 50.4 Å². The molecule has 0 spiro atoms. The summed E-state index contributed by atoms with van der Waals surface area (Å²) in [5, 5.41) is 31.2. The second kappa shape index (κ2) is 7.01. The molecule has 0 radical (unpaired) electrons. The summed E-state index contributed by atoms with van der Waals surface area (Å²) in [4.78, 5) is 11.5. The minimum atomic E-state index is -1.27. The smallest absolute Gasteiger partial charge is 0.220 e. The number of aliphatic hydroxyl groups is 3. The average molecular weight is 263 g/mol. The molecule has 106 valence electrons. The number of hydrogen-bond acceptors (Lipinski definition) is 6. The summed E-state index contributed by atoms with van der Waals surface area (Å²) in [5.41, 5.74) is 0. The lowest BCUT2D eigenvalue weighted by atomic mass is 9.97. The number of hydrogen-bond donors (Lipinski definition) is 4. The molecule has 0 aliphatic carbocycles. The molecule has 1 amide bonds. The standard InChI is InChI=1S/C11H21NO6/c1-3-4-7(14)12-8-10(16)9(15)6(5-13)18-11(8)17-2/h6,8-11,13,15-16H,3-5H2,1-2H3,(H,12,14)/t6-,8-,9-,10-,11-/m1/s1. The van der Waals surface area contributed by atoms with Crippen LogP contribution in [0.5, 0.6) is 0 Å². The first kappa shape index (κ1) is 15.3. The summed E-state index contributed by atoms with van der Waals surface area (Å²) in [6, 6.07) is -0.855. The Hall–Kier alpha value is -0.730. The Balaban J connectivity index is 2.71. The van der Waals surface area contributed by atoms with Crippen molar-refractivity contribution in [3.05, 3.63) is 0 Å². The van der Waals surface area contributed by atoms with Crippen molar-refractivity contribution in [3.63, 3.8) is 0 Å². The molecule has 1 fully saturated rings. The second-order valence-electron chi connectivity index (χ2n) is 4.29. The highest BCUT2D eigenvalue weighted by atomic mass is 16.7. The van der Waals surface area contributed by atoms with Crippen LogP contribution in [0, 0.1) is 0 Å². The molecular formula is C11H21NO6. The van der Waals surface area contributed by atoms with Crippen LogP contribution in [0.1, 0.15) is 19.8 Å². The maximum atomic E-state index is 11.5. The molecule has 1 rings (SSSR count). The van der Waals surface area contributed by atoms with Gasteiger partial charge in [0.05, 0.1) is 6.61 Å². The van der Waals surface area contributed by atoms with E-state index < -0.39 is 37.3 Å². The molecule has 0 unspecified atom stereocenters. The van der Waals surface area contributed by atoms with Gasteiger partial charge in [-0.15, -0.1) is 0 Å². The number of nitrogens with one attached hydrogen (secondary N) is 1. The molecule has 0 aromatic rings. The zero-order chi connectivity index (χ0) is 13.7. The van der Waals surface area contributed by atoms with Gasteiger partial charge in [0.2, 0.25) is 5.91 Å². The number of methoxy groups -OCH3 is 1. The van der Waals surface area contributed by atoms with E-state index in [1.807, 2.05) is 6.92 Å². The first-order chi connectivity index (χ1) is 8.54. The van der Waals surface area contributed by atoms with E-state index in [-0.39, 0.29) is 5.91 Å². The molecule has 0 aromatic heterocycles. The monoisotopic (exact) mass is 263 g/mol. The predicted molar refractivity (Wildman–Crippen MR) is 61.6 cm³/mol. The maximum absolute atomic E-state index is 11.5. The van der Waals surface area contributed by atoms with E-state index in [0.717, 1.165) is 0 Å². The summed E-state index contributed by atoms with van der Waals surface area (Å²) < 4.78 is 10.3. The molecule has 1 heterocycles. The summed E-state index contributed by atoms with van der Waals surface area (Å²) in [7, 11) is 1.36. The van der Waals surface area contributed by atoms with Crippen LogP contribution in [-0.4, -0.2) is 65.6 Å². The van der Waals surface area contributed by atoms with Crippen molar-refractivity contribution in [2.24, 2.45) is 0 Å². The van der Waals surface area contributed by atoms with Crippen molar-refractivity contribution >= 4 is 5.91 Å². The minimum Gasteiger partial charge on any atom is -0.394 e. The number of carbonyl (C=O) groups is 1. The van der Waals surface area contributed by atoms with Gasteiger partial charge in [-0.1, -0.05) is 6.92 Å². The van der Waals surface area contributed by atoms with E-state index in [2.05, 4.69) is 5.32 Å². The van der Waals surface area contributed by atoms with Gasteiger partial charge in [-0.05, 0) is 6.42 Å². The number of carbonyl (C=O) groups excluding carboxylic acids is 1. The molecule has 0 bridgehead atoms. The van der Waals surface area contributed by atoms with Crippen LogP contribution in [0.2, 0.25) is 0 Å². The summed E-state index contributed by atoms with van der Waals surface area (Å²) in [6.45, 7) is 1.42. The second-order valence-corrected chi connectivity index (χ2v) is 4.29. The average Bonchev–Trinajstić information content (AvgIpc) is 2.36. The third-order valence-electron chi connectivity index (χ3n) is 2.92. The number of ether oxygens (including phenoxy) is 2. The Morgan fingerprint density at radius 2 is 2.06 bits per heavy atom. The maximum Gasteiger partial charge on any atom is 0.220 e. The van der Waals surface area contributed by atoms with E-state index in [4.69, 9.17) is 14.6 Å². The van der Waals surface area contributed by atoms with E-state index in [1.165, 1.54) is 7.11 Å². The molecule has 1 saturated heterocycles. The summed E-state index contributed by atoms with van der Waals surface area (Å²) in [5.74, 6) is -0.248. The highest BCUT2D eigenvalue weighted by molar-refractivity contribution is 5.76. The largest absolute Gasteiger partial charge is 0.394 e. The quantitative estimate of drug-likeness (QED) is 0.473. The lowest BCUT2D eigenvalue weighted by Gasteiger charge is -2.41. The minimum absolute atomic E-state index is 0.248. The van der Waals surface area contributed by atoms with Gasteiger partial charge in [-0.3, -0.25) is 4.79 Å². The molecule has 7 nitrogen and oxygen atoms in total. The molecule has 7 heteroatoms. The topological polar surface area (TPSA) is 108 Å². The van der Waals surface area contributed by atoms with Gasteiger partial charge in [0, 0.05) is 13.5 Å². The Labute approximate surface area is 106 Å². The number of amides is 1. The Morgan fingerprint density at radius 3 is 2.56 bits per heavy atom. The van der Waals surface area contributed by atoms with E-state index in [0.29, 0.717) is 12.8 Å². The van der Waals surface area contributed by atoms with Crippen molar-refractivity contribution in [2.75, 3.05) is 13.7 Å². The van der Waals surface area contributed by atoms with Crippen molar-refractivity contribution in [1.82, 2.24) is 5.32 Å². The van der Waals surface area contributed by atoms with Crippen LogP contribution in [0.25, 0.3) is 0 Å². The van der Waals surface area contributed by atoms with Crippen LogP contribution >= 0.6 is 0 Å². The van der Waals surface area contributed by atoms with Gasteiger partial charge in [0.1, 0.15) is 24.4 Å². The zero-order valence-electron chi connectivity index (χ0n) is 10.6. The molecule has 1 aliphatic heterocycles. The fraction of sp³-hybridized carbons (Fsp3) is 0.909. The van der Waals surface area contributed by atoms with Crippen molar-refractivity contribution < 1.29 is 29.6 Å². The van der Waals surface area contributed by atoms with E-state index in [9.17, 15) is 15.0 Å². The van der Waals surface area contributed by atoms with Gasteiger partial charge in [-0.2, -0.15) is 0 Å². The Morgan fingerprint density at radius 1 is 1.39 bits per heavy atom. The highest BCUT2D eigenvalue weighted by Crippen LogP contribution is 2.21. The summed E-state index contributed by atoms with van der Waals surface area (Å²) in [6.07, 6.45) is -3.35. The molecule has 18 heavy (non-hydrogen) atoms. The molecule has 0 aromatic carbocycles. The summed E-state index contributed by atoms with van der Waals surface area (Å²) >= 11 is 0. The van der Waals surface area contributed by atoms with Gasteiger partial charge in [0.25, 0.3) is 0 Å². The van der Waals surface area contributed by atoms with Crippen molar-refractivity contribution in [1.29, 1.82) is 0 Å². The molecule has 4 N–H and O–H groups in total. The molecule has 1 aliphatic rings. The van der Waals surface area contributed by atoms with Gasteiger partial charge in [-0.25, -0.2) is 0 Å².